The number of carbonyl (C=O) groups is 1. The molecule has 0 atom stereocenters. The summed E-state index contributed by atoms with van der Waals surface area (Å²) in [6.45, 7) is 4.06. The Labute approximate surface area is 137 Å². The Kier molecular flexibility index (Phi) is 5.35. The summed E-state index contributed by atoms with van der Waals surface area (Å²) in [7, 11) is 1.28. The second kappa shape index (κ2) is 7.24. The summed E-state index contributed by atoms with van der Waals surface area (Å²) in [6, 6.07) is 5.10. The van der Waals surface area contributed by atoms with E-state index in [1.165, 1.54) is 13.2 Å². The summed E-state index contributed by atoms with van der Waals surface area (Å²) < 4.78 is 4.70. The van der Waals surface area contributed by atoms with Crippen LogP contribution in [-0.4, -0.2) is 23.0 Å². The molecule has 22 heavy (non-hydrogen) atoms. The first-order valence-corrected chi connectivity index (χ1v) is 7.07. The summed E-state index contributed by atoms with van der Waals surface area (Å²) in [5.41, 5.74) is 1.87. The van der Waals surface area contributed by atoms with Gasteiger partial charge in [-0.05, 0) is 18.2 Å². The normalized spacial score (nSPS) is 10.1. The van der Waals surface area contributed by atoms with Crippen LogP contribution in [0.15, 0.2) is 31.0 Å². The van der Waals surface area contributed by atoms with Crippen molar-refractivity contribution >= 4 is 40.9 Å². The van der Waals surface area contributed by atoms with Crippen molar-refractivity contribution < 1.29 is 9.53 Å². The number of aromatic nitrogens is 2. The molecule has 1 N–H and O–H groups in total. The maximum absolute atomic E-state index is 11.8. The first-order valence-electron chi connectivity index (χ1n) is 6.31. The van der Waals surface area contributed by atoms with Gasteiger partial charge in [-0.25, -0.2) is 9.78 Å². The molecular formula is C15H13Cl2N3O2. The first-order chi connectivity index (χ1) is 10.6. The lowest BCUT2D eigenvalue weighted by molar-refractivity contribution is 0.0594. The predicted octanol–water partition coefficient (Wildman–Crippen LogP) is 3.83. The molecule has 114 valence electrons. The molecule has 0 unspecified atom stereocenters. The van der Waals surface area contributed by atoms with Gasteiger partial charge < -0.3 is 10.1 Å². The number of esters is 1. The Bertz CT molecular complexity index is 720. The smallest absolute Gasteiger partial charge is 0.357 e. The zero-order valence-corrected chi connectivity index (χ0v) is 13.3. The third kappa shape index (κ3) is 3.55. The molecule has 0 aromatic carbocycles. The number of halogens is 2. The average molecular weight is 338 g/mol. The molecule has 0 amide bonds. The fourth-order valence-electron chi connectivity index (χ4n) is 1.86. The molecule has 0 radical (unpaired) electrons. The number of methoxy groups -OCH3 is 1. The zero-order chi connectivity index (χ0) is 16.1. The number of rotatable bonds is 5. The number of nitrogens with zero attached hydrogens (tertiary/aromatic N) is 2. The monoisotopic (exact) mass is 337 g/mol. The van der Waals surface area contributed by atoms with Gasteiger partial charge in [0.05, 0.1) is 24.4 Å². The van der Waals surface area contributed by atoms with Gasteiger partial charge in [-0.15, -0.1) is 0 Å². The van der Waals surface area contributed by atoms with E-state index in [0.717, 1.165) is 0 Å². The van der Waals surface area contributed by atoms with Crippen LogP contribution in [0.5, 0.6) is 0 Å². The Morgan fingerprint density at radius 2 is 2.27 bits per heavy atom. The van der Waals surface area contributed by atoms with Crippen LogP contribution in [0.25, 0.3) is 6.08 Å². The number of hydrogen-bond donors (Lipinski definition) is 1. The van der Waals surface area contributed by atoms with Crippen LogP contribution < -0.4 is 5.32 Å². The molecule has 0 aliphatic carbocycles. The number of ether oxygens (including phenoxy) is 1. The number of carbonyl (C=O) groups excluding carboxylic acids is 1. The van der Waals surface area contributed by atoms with Gasteiger partial charge in [0.15, 0.2) is 5.69 Å². The molecule has 0 spiro atoms. The quantitative estimate of drug-likeness (QED) is 0.663. The van der Waals surface area contributed by atoms with Crippen molar-refractivity contribution in [3.05, 3.63) is 58.1 Å². The van der Waals surface area contributed by atoms with Crippen LogP contribution >= 0.6 is 23.2 Å². The van der Waals surface area contributed by atoms with E-state index in [1.54, 1.807) is 24.4 Å². The Hall–Kier alpha value is -2.11. The highest BCUT2D eigenvalue weighted by Gasteiger charge is 2.17. The van der Waals surface area contributed by atoms with Crippen molar-refractivity contribution in [2.45, 2.75) is 6.54 Å². The number of nitrogens with one attached hydrogen (secondary N) is 1. The fourth-order valence-corrected chi connectivity index (χ4v) is 2.24. The maximum Gasteiger partial charge on any atom is 0.357 e. The van der Waals surface area contributed by atoms with E-state index in [2.05, 4.69) is 21.9 Å². The molecule has 5 nitrogen and oxygen atoms in total. The number of pyridine rings is 2. The summed E-state index contributed by atoms with van der Waals surface area (Å²) >= 11 is 12.0. The molecule has 0 bridgehead atoms. The highest BCUT2D eigenvalue weighted by atomic mass is 35.5. The van der Waals surface area contributed by atoms with Crippen LogP contribution in [0.4, 0.5) is 5.69 Å². The largest absolute Gasteiger partial charge is 0.464 e. The molecule has 2 aromatic heterocycles. The van der Waals surface area contributed by atoms with Gasteiger partial charge in [0.2, 0.25) is 0 Å². The summed E-state index contributed by atoms with van der Waals surface area (Å²) in [5, 5.41) is 3.84. The zero-order valence-electron chi connectivity index (χ0n) is 11.8. The van der Waals surface area contributed by atoms with Crippen molar-refractivity contribution in [2.75, 3.05) is 12.4 Å². The molecule has 2 rings (SSSR count). The minimum absolute atomic E-state index is 0.0969. The highest BCUT2D eigenvalue weighted by molar-refractivity contribution is 6.31. The standard InChI is InChI=1S/C15H13Cl2N3O2/c1-3-9-11(7-13(17)20-14(9)15(21)22-2)19-8-12-10(16)5-4-6-18-12/h3-7H,1,8H2,2H3,(H,19,20). The van der Waals surface area contributed by atoms with Crippen LogP contribution in [0.2, 0.25) is 10.2 Å². The average Bonchev–Trinajstić information content (AvgIpc) is 2.52. The minimum atomic E-state index is -0.587. The molecule has 2 aromatic rings. The van der Waals surface area contributed by atoms with Gasteiger partial charge in [0, 0.05) is 17.4 Å². The first kappa shape index (κ1) is 16.3. The van der Waals surface area contributed by atoms with Crippen LogP contribution in [0.1, 0.15) is 21.7 Å². The maximum atomic E-state index is 11.8. The SMILES string of the molecule is C=Cc1c(NCc2ncccc2Cl)cc(Cl)nc1C(=O)OC. The van der Waals surface area contributed by atoms with Crippen molar-refractivity contribution in [3.8, 4) is 0 Å². The van der Waals surface area contributed by atoms with Crippen molar-refractivity contribution in [3.63, 3.8) is 0 Å². The van der Waals surface area contributed by atoms with E-state index < -0.39 is 5.97 Å². The van der Waals surface area contributed by atoms with Gasteiger partial charge in [-0.2, -0.15) is 0 Å². The van der Waals surface area contributed by atoms with E-state index in [4.69, 9.17) is 27.9 Å². The summed E-state index contributed by atoms with van der Waals surface area (Å²) in [4.78, 5) is 19.9. The number of anilines is 1. The van der Waals surface area contributed by atoms with E-state index in [-0.39, 0.29) is 10.8 Å². The summed E-state index contributed by atoms with van der Waals surface area (Å²) in [6.07, 6.45) is 3.16. The number of hydrogen-bond acceptors (Lipinski definition) is 5. The lowest BCUT2D eigenvalue weighted by atomic mass is 10.1. The van der Waals surface area contributed by atoms with E-state index in [0.29, 0.717) is 28.5 Å². The molecule has 0 saturated carbocycles. The van der Waals surface area contributed by atoms with Gasteiger partial charge >= 0.3 is 5.97 Å². The third-order valence-corrected chi connectivity index (χ3v) is 3.43. The van der Waals surface area contributed by atoms with E-state index >= 15 is 0 Å². The Morgan fingerprint density at radius 3 is 2.91 bits per heavy atom. The van der Waals surface area contributed by atoms with E-state index in [9.17, 15) is 4.79 Å². The van der Waals surface area contributed by atoms with Gasteiger partial charge in [0.1, 0.15) is 5.15 Å². The predicted molar refractivity (Wildman–Crippen MR) is 87.3 cm³/mol. The fraction of sp³-hybridized carbons (Fsp3) is 0.133. The van der Waals surface area contributed by atoms with Crippen molar-refractivity contribution in [2.24, 2.45) is 0 Å². The minimum Gasteiger partial charge on any atom is -0.464 e. The lowest BCUT2D eigenvalue weighted by Gasteiger charge is -2.13. The molecular weight excluding hydrogens is 325 g/mol. The van der Waals surface area contributed by atoms with Crippen LogP contribution in [-0.2, 0) is 11.3 Å². The van der Waals surface area contributed by atoms with Gasteiger partial charge in [0.25, 0.3) is 0 Å². The highest BCUT2D eigenvalue weighted by Crippen LogP contribution is 2.25. The lowest BCUT2D eigenvalue weighted by Crippen LogP contribution is -2.11. The van der Waals surface area contributed by atoms with Crippen LogP contribution in [0.3, 0.4) is 0 Å². The van der Waals surface area contributed by atoms with Crippen LogP contribution in [0, 0.1) is 0 Å². The topological polar surface area (TPSA) is 64.1 Å². The van der Waals surface area contributed by atoms with Gasteiger partial charge in [-0.3, -0.25) is 4.98 Å². The third-order valence-electron chi connectivity index (χ3n) is 2.89. The van der Waals surface area contributed by atoms with Gasteiger partial charge in [-0.1, -0.05) is 35.9 Å². The second-order valence-electron chi connectivity index (χ2n) is 4.24. The molecule has 2 heterocycles. The molecule has 0 aliphatic rings. The molecule has 0 fully saturated rings. The van der Waals surface area contributed by atoms with Crippen molar-refractivity contribution in [1.29, 1.82) is 0 Å². The molecule has 0 saturated heterocycles. The second-order valence-corrected chi connectivity index (χ2v) is 5.03. The molecule has 7 heteroatoms. The summed E-state index contributed by atoms with van der Waals surface area (Å²) in [5.74, 6) is -0.587. The van der Waals surface area contributed by atoms with E-state index in [1.807, 2.05) is 0 Å². The van der Waals surface area contributed by atoms with Crippen molar-refractivity contribution in [1.82, 2.24) is 9.97 Å². The molecule has 0 aliphatic heterocycles. The Balaban J connectivity index is 2.34. The Morgan fingerprint density at radius 1 is 1.50 bits per heavy atom.